The molecule has 120 valence electrons. The van der Waals surface area contributed by atoms with Crippen LogP contribution in [-0.2, 0) is 4.79 Å². The topological polar surface area (TPSA) is 41.1 Å². The molecule has 1 amide bonds. The minimum absolute atomic E-state index is 0.0158. The molecule has 1 unspecified atom stereocenters. The van der Waals surface area contributed by atoms with Crippen molar-refractivity contribution in [3.8, 4) is 0 Å². The number of amides is 1. The van der Waals surface area contributed by atoms with Gasteiger partial charge in [-0.1, -0.05) is 29.4 Å². The molecule has 1 aromatic rings. The summed E-state index contributed by atoms with van der Waals surface area (Å²) in [5.74, 6) is -2.68. The van der Waals surface area contributed by atoms with Crippen LogP contribution in [-0.4, -0.2) is 24.8 Å². The maximum absolute atomic E-state index is 12.7. The van der Waals surface area contributed by atoms with Crippen LogP contribution in [0, 0.1) is 11.3 Å². The Balaban J connectivity index is 1.71. The molecule has 1 aromatic carbocycles. The number of hydrogen-bond donors (Lipinski definition) is 2. The Kier molecular flexibility index (Phi) is 4.61. The molecule has 1 atom stereocenters. The maximum Gasteiger partial charge on any atom is 0.289 e. The fourth-order valence-electron chi connectivity index (χ4n) is 3.23. The monoisotopic (exact) mass is 346 g/mol. The van der Waals surface area contributed by atoms with Gasteiger partial charge in [0.15, 0.2) is 0 Å². The van der Waals surface area contributed by atoms with E-state index in [1.54, 1.807) is 18.2 Å². The number of halogens is 3. The first kappa shape index (κ1) is 16.0. The van der Waals surface area contributed by atoms with Gasteiger partial charge in [-0.2, -0.15) is 8.78 Å². The number of anilines is 1. The van der Waals surface area contributed by atoms with Crippen LogP contribution in [0.1, 0.15) is 19.3 Å². The largest absolute Gasteiger partial charge is 0.325 e. The van der Waals surface area contributed by atoms with Gasteiger partial charge in [0.2, 0.25) is 5.91 Å². The summed E-state index contributed by atoms with van der Waals surface area (Å²) in [6.45, 7) is 1.88. The van der Waals surface area contributed by atoms with Crippen molar-refractivity contribution in [3.63, 3.8) is 0 Å². The highest BCUT2D eigenvalue weighted by molar-refractivity contribution is 7.99. The first-order chi connectivity index (χ1) is 10.5. The van der Waals surface area contributed by atoms with Crippen molar-refractivity contribution in [2.24, 2.45) is 11.3 Å². The quantitative estimate of drug-likeness (QED) is 0.810. The SMILES string of the molecule is O=C(Nc1cccc(Cl)c1SC(F)F)C1CC12CCNCC2. The van der Waals surface area contributed by atoms with E-state index in [0.717, 1.165) is 32.4 Å². The summed E-state index contributed by atoms with van der Waals surface area (Å²) in [5, 5.41) is 6.32. The number of rotatable bonds is 4. The summed E-state index contributed by atoms with van der Waals surface area (Å²) in [4.78, 5) is 12.7. The van der Waals surface area contributed by atoms with Gasteiger partial charge in [0.1, 0.15) is 0 Å². The minimum Gasteiger partial charge on any atom is -0.325 e. The Bertz CT molecular complexity index is 579. The zero-order valence-electron chi connectivity index (χ0n) is 11.9. The van der Waals surface area contributed by atoms with Crippen LogP contribution in [0.5, 0.6) is 0 Å². The molecular formula is C15H17ClF2N2OS. The molecule has 2 fully saturated rings. The van der Waals surface area contributed by atoms with Crippen LogP contribution in [0.25, 0.3) is 0 Å². The van der Waals surface area contributed by atoms with Gasteiger partial charge in [0.25, 0.3) is 5.76 Å². The van der Waals surface area contributed by atoms with Gasteiger partial charge in [-0.05, 0) is 49.9 Å². The fraction of sp³-hybridized carbons (Fsp3) is 0.533. The summed E-state index contributed by atoms with van der Waals surface area (Å²) in [6.07, 6.45) is 2.89. The lowest BCUT2D eigenvalue weighted by Crippen LogP contribution is -2.31. The maximum atomic E-state index is 12.7. The van der Waals surface area contributed by atoms with E-state index in [9.17, 15) is 13.6 Å². The van der Waals surface area contributed by atoms with E-state index in [1.165, 1.54) is 0 Å². The molecule has 0 bridgehead atoms. The molecule has 2 N–H and O–H groups in total. The molecule has 1 aliphatic heterocycles. The van der Waals surface area contributed by atoms with E-state index in [-0.39, 0.29) is 27.2 Å². The summed E-state index contributed by atoms with van der Waals surface area (Å²) in [5.41, 5.74) is 0.489. The van der Waals surface area contributed by atoms with E-state index < -0.39 is 5.76 Å². The van der Waals surface area contributed by atoms with Gasteiger partial charge in [-0.15, -0.1) is 0 Å². The van der Waals surface area contributed by atoms with E-state index in [4.69, 9.17) is 11.6 Å². The predicted octanol–water partition coefficient (Wildman–Crippen LogP) is 3.98. The lowest BCUT2D eigenvalue weighted by Gasteiger charge is -2.23. The Labute approximate surface area is 137 Å². The van der Waals surface area contributed by atoms with E-state index in [1.807, 2.05) is 0 Å². The molecule has 3 nitrogen and oxygen atoms in total. The normalized spacial score (nSPS) is 22.8. The summed E-state index contributed by atoms with van der Waals surface area (Å²) in [6, 6.07) is 4.82. The molecule has 7 heteroatoms. The van der Waals surface area contributed by atoms with Gasteiger partial charge in [0.05, 0.1) is 15.6 Å². The number of carbonyl (C=O) groups is 1. The summed E-state index contributed by atoms with van der Waals surface area (Å²) < 4.78 is 25.3. The molecule has 1 spiro atoms. The number of hydrogen-bond acceptors (Lipinski definition) is 3. The number of alkyl halides is 2. The van der Waals surface area contributed by atoms with Crippen LogP contribution in [0.3, 0.4) is 0 Å². The summed E-state index contributed by atoms with van der Waals surface area (Å²) in [7, 11) is 0. The second-order valence-corrected chi connectivity index (χ2v) is 7.26. The third-order valence-electron chi connectivity index (χ3n) is 4.54. The van der Waals surface area contributed by atoms with Crippen molar-refractivity contribution in [2.45, 2.75) is 29.9 Å². The summed E-state index contributed by atoms with van der Waals surface area (Å²) >= 11 is 6.34. The molecular weight excluding hydrogens is 330 g/mol. The molecule has 0 aromatic heterocycles. The number of thioether (sulfide) groups is 1. The third-order valence-corrected chi connectivity index (χ3v) is 5.82. The smallest absolute Gasteiger partial charge is 0.289 e. The first-order valence-corrected chi connectivity index (χ1v) is 8.52. The van der Waals surface area contributed by atoms with Crippen molar-refractivity contribution in [1.29, 1.82) is 0 Å². The van der Waals surface area contributed by atoms with Crippen molar-refractivity contribution < 1.29 is 13.6 Å². The van der Waals surface area contributed by atoms with Crippen molar-refractivity contribution in [3.05, 3.63) is 23.2 Å². The molecule has 2 aliphatic rings. The van der Waals surface area contributed by atoms with Crippen LogP contribution in [0.15, 0.2) is 23.1 Å². The average molecular weight is 347 g/mol. The van der Waals surface area contributed by atoms with Gasteiger partial charge in [-0.25, -0.2) is 0 Å². The standard InChI is InChI=1S/C15H17ClF2N2OS/c16-10-2-1-3-11(12(10)22-14(17)18)20-13(21)9-8-15(9)4-6-19-7-5-15/h1-3,9,14,19H,4-8H2,(H,20,21). The number of piperidine rings is 1. The number of carbonyl (C=O) groups excluding carboxylic acids is 1. The molecule has 1 saturated carbocycles. The zero-order chi connectivity index (χ0) is 15.7. The van der Waals surface area contributed by atoms with Crippen molar-refractivity contribution in [2.75, 3.05) is 18.4 Å². The van der Waals surface area contributed by atoms with Crippen molar-refractivity contribution >= 4 is 35.0 Å². The first-order valence-electron chi connectivity index (χ1n) is 7.27. The third kappa shape index (κ3) is 3.24. The van der Waals surface area contributed by atoms with Crippen LogP contribution >= 0.6 is 23.4 Å². The lowest BCUT2D eigenvalue weighted by atomic mass is 9.92. The molecule has 22 heavy (non-hydrogen) atoms. The number of benzene rings is 1. The number of nitrogens with one attached hydrogen (secondary N) is 2. The fourth-order valence-corrected chi connectivity index (χ4v) is 4.14. The highest BCUT2D eigenvalue weighted by Gasteiger charge is 2.57. The zero-order valence-corrected chi connectivity index (χ0v) is 13.4. The van der Waals surface area contributed by atoms with Gasteiger partial charge >= 0.3 is 0 Å². The minimum atomic E-state index is -2.58. The highest BCUT2D eigenvalue weighted by atomic mass is 35.5. The second-order valence-electron chi connectivity index (χ2n) is 5.85. The lowest BCUT2D eigenvalue weighted by molar-refractivity contribution is -0.118. The van der Waals surface area contributed by atoms with Gasteiger partial charge in [0, 0.05) is 5.92 Å². The van der Waals surface area contributed by atoms with E-state index in [2.05, 4.69) is 10.6 Å². The van der Waals surface area contributed by atoms with Gasteiger partial charge < -0.3 is 10.6 Å². The van der Waals surface area contributed by atoms with Crippen molar-refractivity contribution in [1.82, 2.24) is 5.32 Å². The molecule has 0 radical (unpaired) electrons. The molecule has 1 aliphatic carbocycles. The van der Waals surface area contributed by atoms with Crippen LogP contribution < -0.4 is 10.6 Å². The highest BCUT2D eigenvalue weighted by Crippen LogP contribution is 2.59. The van der Waals surface area contributed by atoms with E-state index >= 15 is 0 Å². The second kappa shape index (κ2) is 6.34. The predicted molar refractivity (Wildman–Crippen MR) is 84.6 cm³/mol. The van der Waals surface area contributed by atoms with Gasteiger partial charge in [-0.3, -0.25) is 4.79 Å². The van der Waals surface area contributed by atoms with E-state index in [0.29, 0.717) is 17.4 Å². The Morgan fingerprint density at radius 2 is 2.14 bits per heavy atom. The molecule has 3 rings (SSSR count). The molecule has 1 heterocycles. The Morgan fingerprint density at radius 1 is 1.41 bits per heavy atom. The van der Waals surface area contributed by atoms with Crippen LogP contribution in [0.4, 0.5) is 14.5 Å². The van der Waals surface area contributed by atoms with Crippen LogP contribution in [0.2, 0.25) is 5.02 Å². The average Bonchev–Trinajstić information content (AvgIpc) is 3.16. The Morgan fingerprint density at radius 3 is 2.82 bits per heavy atom. The Hall–Kier alpha value is -0.850. The molecule has 1 saturated heterocycles.